The average molecular weight is 303 g/mol. The molecule has 1 atom stereocenters. The van der Waals surface area contributed by atoms with Crippen LogP contribution >= 0.6 is 0 Å². The average Bonchev–Trinajstić information content (AvgIpc) is 2.86. The van der Waals surface area contributed by atoms with Crippen molar-refractivity contribution in [1.82, 2.24) is 14.5 Å². The highest BCUT2D eigenvalue weighted by molar-refractivity contribution is 7.89. The Kier molecular flexibility index (Phi) is 3.61. The molecule has 1 aliphatic heterocycles. The van der Waals surface area contributed by atoms with E-state index in [9.17, 15) is 18.3 Å². The Bertz CT molecular complexity index is 643. The van der Waals surface area contributed by atoms with Gasteiger partial charge in [0.1, 0.15) is 4.90 Å². The molecule has 1 aromatic rings. The number of hydrogen-bond acceptors (Lipinski definition) is 5. The first-order chi connectivity index (χ1) is 9.19. The van der Waals surface area contributed by atoms with E-state index < -0.39 is 21.5 Å². The second-order valence-corrected chi connectivity index (χ2v) is 6.54. The molecule has 1 saturated heterocycles. The Morgan fingerprint density at radius 2 is 2.15 bits per heavy atom. The summed E-state index contributed by atoms with van der Waals surface area (Å²) < 4.78 is 33.7. The van der Waals surface area contributed by atoms with Crippen LogP contribution in [0.2, 0.25) is 0 Å². The van der Waals surface area contributed by atoms with Crippen LogP contribution in [0.25, 0.3) is 0 Å². The summed E-state index contributed by atoms with van der Waals surface area (Å²) >= 11 is 0. The molecule has 9 heteroatoms. The summed E-state index contributed by atoms with van der Waals surface area (Å²) in [4.78, 5) is 11.4. The van der Waals surface area contributed by atoms with E-state index in [1.165, 1.54) is 4.68 Å². The van der Waals surface area contributed by atoms with Crippen molar-refractivity contribution in [3.63, 3.8) is 0 Å². The highest BCUT2D eigenvalue weighted by atomic mass is 32.2. The lowest BCUT2D eigenvalue weighted by Crippen LogP contribution is -2.55. The van der Waals surface area contributed by atoms with Crippen molar-refractivity contribution in [1.29, 1.82) is 0 Å². The van der Waals surface area contributed by atoms with E-state index in [1.54, 1.807) is 20.9 Å². The van der Waals surface area contributed by atoms with Crippen LogP contribution in [0, 0.1) is 13.8 Å². The van der Waals surface area contributed by atoms with E-state index in [0.29, 0.717) is 11.4 Å². The quantitative estimate of drug-likeness (QED) is 0.780. The molecule has 0 aliphatic carbocycles. The number of nitrogens with zero attached hydrogens (tertiary/aromatic N) is 2. The van der Waals surface area contributed by atoms with Gasteiger partial charge in [0.05, 0.1) is 18.0 Å². The molecule has 1 aromatic heterocycles. The maximum atomic E-state index is 12.5. The highest BCUT2D eigenvalue weighted by Gasteiger charge is 2.46. The van der Waals surface area contributed by atoms with Crippen LogP contribution in [0.3, 0.4) is 0 Å². The maximum Gasteiger partial charge on any atom is 0.327 e. The van der Waals surface area contributed by atoms with Crippen molar-refractivity contribution < 1.29 is 23.1 Å². The van der Waals surface area contributed by atoms with Gasteiger partial charge >= 0.3 is 5.97 Å². The van der Waals surface area contributed by atoms with Gasteiger partial charge in [0, 0.05) is 20.1 Å². The number of rotatable bonds is 4. The zero-order valence-electron chi connectivity index (χ0n) is 11.5. The van der Waals surface area contributed by atoms with E-state index in [2.05, 4.69) is 9.82 Å². The van der Waals surface area contributed by atoms with Crippen molar-refractivity contribution in [2.45, 2.75) is 30.7 Å². The molecule has 0 bridgehead atoms. The van der Waals surface area contributed by atoms with Crippen LogP contribution < -0.4 is 4.72 Å². The second kappa shape index (κ2) is 4.83. The second-order valence-electron chi connectivity index (χ2n) is 4.92. The van der Waals surface area contributed by atoms with Gasteiger partial charge < -0.3 is 9.84 Å². The van der Waals surface area contributed by atoms with E-state index >= 15 is 0 Å². The number of carbonyl (C=O) groups is 1. The molecule has 1 fully saturated rings. The number of aromatic nitrogens is 2. The van der Waals surface area contributed by atoms with Gasteiger partial charge in [-0.2, -0.15) is 9.82 Å². The van der Waals surface area contributed by atoms with Crippen molar-refractivity contribution in [2.24, 2.45) is 7.05 Å². The fourth-order valence-corrected chi connectivity index (χ4v) is 4.12. The van der Waals surface area contributed by atoms with Gasteiger partial charge in [-0.05, 0) is 13.8 Å². The summed E-state index contributed by atoms with van der Waals surface area (Å²) in [6.45, 7) is 3.22. The maximum absolute atomic E-state index is 12.5. The molecule has 8 nitrogen and oxygen atoms in total. The van der Waals surface area contributed by atoms with Gasteiger partial charge in [-0.3, -0.25) is 9.48 Å². The lowest BCUT2D eigenvalue weighted by molar-refractivity contribution is -0.144. The smallest absolute Gasteiger partial charge is 0.327 e. The summed E-state index contributed by atoms with van der Waals surface area (Å²) in [5, 5.41) is 13.3. The summed E-state index contributed by atoms with van der Waals surface area (Å²) in [5.74, 6) is -1.24. The Morgan fingerprint density at radius 3 is 2.55 bits per heavy atom. The number of nitrogens with one attached hydrogen (secondary N) is 1. The molecule has 0 aromatic carbocycles. The fourth-order valence-electron chi connectivity index (χ4n) is 2.31. The van der Waals surface area contributed by atoms with E-state index in [4.69, 9.17) is 4.74 Å². The number of hydrogen-bond donors (Lipinski definition) is 2. The first kappa shape index (κ1) is 14.9. The Balaban J connectivity index is 2.43. The highest BCUT2D eigenvalue weighted by Crippen LogP contribution is 2.25. The van der Waals surface area contributed by atoms with Gasteiger partial charge in [-0.25, -0.2) is 8.42 Å². The fraction of sp³-hybridized carbons (Fsp3) is 0.636. The van der Waals surface area contributed by atoms with Crippen molar-refractivity contribution in [3.05, 3.63) is 11.4 Å². The number of aryl methyl sites for hydroxylation is 2. The van der Waals surface area contributed by atoms with Crippen LogP contribution in [0.5, 0.6) is 0 Å². The minimum atomic E-state index is -3.98. The Hall–Kier alpha value is -1.45. The van der Waals surface area contributed by atoms with Crippen LogP contribution in [0.15, 0.2) is 4.90 Å². The predicted octanol–water partition coefficient (Wildman–Crippen LogP) is -0.441. The first-order valence-electron chi connectivity index (χ1n) is 6.05. The number of sulfonamides is 1. The third-order valence-corrected chi connectivity index (χ3v) is 5.26. The summed E-state index contributed by atoms with van der Waals surface area (Å²) in [6, 6.07) is 0. The third kappa shape index (κ3) is 2.32. The molecule has 2 N–H and O–H groups in total. The summed E-state index contributed by atoms with van der Waals surface area (Å²) in [7, 11) is -2.35. The predicted molar refractivity (Wildman–Crippen MR) is 68.8 cm³/mol. The molecular formula is C11H17N3O5S. The van der Waals surface area contributed by atoms with Crippen LogP contribution in [0.1, 0.15) is 17.8 Å². The largest absolute Gasteiger partial charge is 0.480 e. The molecule has 2 heterocycles. The third-order valence-electron chi connectivity index (χ3n) is 3.47. The molecular weight excluding hydrogens is 286 g/mol. The SMILES string of the molecule is Cc1nn(C)c(C)c1S(=O)(=O)NC1(C(=O)O)CCOC1. The number of carboxylic acids is 1. The van der Waals surface area contributed by atoms with Crippen molar-refractivity contribution >= 4 is 16.0 Å². The molecule has 0 radical (unpaired) electrons. The summed E-state index contributed by atoms with van der Waals surface area (Å²) in [5.41, 5.74) is -0.820. The summed E-state index contributed by atoms with van der Waals surface area (Å²) in [6.07, 6.45) is 0.0971. The molecule has 0 spiro atoms. The number of aliphatic carboxylic acids is 1. The standard InChI is InChI=1S/C11H17N3O5S/c1-7-9(8(2)14(3)12-7)20(17,18)13-11(10(15)16)4-5-19-6-11/h13H,4-6H2,1-3H3,(H,15,16). The molecule has 20 heavy (non-hydrogen) atoms. The van der Waals surface area contributed by atoms with Gasteiger partial charge in [-0.15, -0.1) is 0 Å². The van der Waals surface area contributed by atoms with Crippen molar-refractivity contribution in [2.75, 3.05) is 13.2 Å². The van der Waals surface area contributed by atoms with E-state index in [-0.39, 0.29) is 24.5 Å². The molecule has 0 saturated carbocycles. The van der Waals surface area contributed by atoms with Crippen LogP contribution in [0.4, 0.5) is 0 Å². The zero-order chi connectivity index (χ0) is 15.1. The van der Waals surface area contributed by atoms with Crippen LogP contribution in [-0.2, 0) is 26.6 Å². The van der Waals surface area contributed by atoms with E-state index in [0.717, 1.165) is 0 Å². The lowest BCUT2D eigenvalue weighted by Gasteiger charge is -2.23. The molecule has 0 amide bonds. The zero-order valence-corrected chi connectivity index (χ0v) is 12.3. The van der Waals surface area contributed by atoms with Gasteiger partial charge in [0.15, 0.2) is 5.54 Å². The molecule has 1 aliphatic rings. The molecule has 1 unspecified atom stereocenters. The first-order valence-corrected chi connectivity index (χ1v) is 7.53. The van der Waals surface area contributed by atoms with E-state index in [1.807, 2.05) is 0 Å². The van der Waals surface area contributed by atoms with Gasteiger partial charge in [0.2, 0.25) is 10.0 Å². The van der Waals surface area contributed by atoms with Crippen molar-refractivity contribution in [3.8, 4) is 0 Å². The Labute approximate surface area is 116 Å². The van der Waals surface area contributed by atoms with Crippen LogP contribution in [-0.4, -0.2) is 48.0 Å². The minimum absolute atomic E-state index is 0.0209. The number of ether oxygens (including phenoxy) is 1. The number of carboxylic acid groups (broad SMARTS) is 1. The van der Waals surface area contributed by atoms with Gasteiger partial charge in [0.25, 0.3) is 0 Å². The van der Waals surface area contributed by atoms with Gasteiger partial charge in [-0.1, -0.05) is 0 Å². The normalized spacial score (nSPS) is 23.1. The minimum Gasteiger partial charge on any atom is -0.480 e. The Morgan fingerprint density at radius 1 is 1.50 bits per heavy atom. The lowest BCUT2D eigenvalue weighted by atomic mass is 10.0. The topological polar surface area (TPSA) is 111 Å². The monoisotopic (exact) mass is 303 g/mol. The molecule has 112 valence electrons. The molecule has 2 rings (SSSR count).